The highest BCUT2D eigenvalue weighted by Gasteiger charge is 2.19. The van der Waals surface area contributed by atoms with Gasteiger partial charge >= 0.3 is 6.09 Å². The number of hydroxylamine groups is 1. The second-order valence-corrected chi connectivity index (χ2v) is 5.00. The fourth-order valence-corrected chi connectivity index (χ4v) is 0.614. The molecule has 0 aliphatic rings. The van der Waals surface area contributed by atoms with Crippen LogP contribution in [-0.4, -0.2) is 24.6 Å². The van der Waals surface area contributed by atoms with Gasteiger partial charge in [-0.3, -0.25) is 4.84 Å². The Kier molecular flexibility index (Phi) is 4.74. The van der Waals surface area contributed by atoms with E-state index >= 15 is 0 Å². The van der Waals surface area contributed by atoms with E-state index in [1.807, 2.05) is 0 Å². The maximum Gasteiger partial charge on any atom is 0.431 e. The Hall–Kier alpha value is -1.10. The Balaban J connectivity index is 3.79. The van der Waals surface area contributed by atoms with E-state index in [4.69, 9.17) is 9.57 Å². The Morgan fingerprint density at radius 2 is 1.80 bits per heavy atom. The molecule has 5 nitrogen and oxygen atoms in total. The van der Waals surface area contributed by atoms with Gasteiger partial charge in [0.2, 0.25) is 0 Å². The van der Waals surface area contributed by atoms with Gasteiger partial charge < -0.3 is 9.53 Å². The van der Waals surface area contributed by atoms with Crippen LogP contribution in [0.2, 0.25) is 0 Å². The molecule has 0 aliphatic heterocycles. The number of aldehydes is 1. The molecule has 0 atom stereocenters. The minimum Gasteiger partial charge on any atom is -0.442 e. The van der Waals surface area contributed by atoms with Crippen molar-refractivity contribution in [2.75, 3.05) is 6.61 Å². The summed E-state index contributed by atoms with van der Waals surface area (Å²) in [4.78, 5) is 26.4. The third-order valence-electron chi connectivity index (χ3n) is 1.32. The average molecular weight is 217 g/mol. The molecule has 0 fully saturated rings. The van der Waals surface area contributed by atoms with Crippen molar-refractivity contribution in [3.63, 3.8) is 0 Å². The van der Waals surface area contributed by atoms with Crippen LogP contribution >= 0.6 is 0 Å². The van der Waals surface area contributed by atoms with Crippen LogP contribution in [0.3, 0.4) is 0 Å². The average Bonchev–Trinajstić information content (AvgIpc) is 2.00. The molecule has 15 heavy (non-hydrogen) atoms. The molecule has 0 rings (SSSR count). The van der Waals surface area contributed by atoms with E-state index in [2.05, 4.69) is 5.48 Å². The van der Waals surface area contributed by atoms with Gasteiger partial charge in [-0.05, 0) is 20.8 Å². The van der Waals surface area contributed by atoms with Crippen LogP contribution in [0.15, 0.2) is 0 Å². The number of amides is 1. The fraction of sp³-hybridized carbons (Fsp3) is 0.800. The lowest BCUT2D eigenvalue weighted by Crippen LogP contribution is -2.35. The second kappa shape index (κ2) is 5.11. The first-order valence-corrected chi connectivity index (χ1v) is 4.73. The van der Waals surface area contributed by atoms with Gasteiger partial charge in [-0.15, -0.1) is 0 Å². The highest BCUT2D eigenvalue weighted by molar-refractivity contribution is 5.66. The molecule has 88 valence electrons. The van der Waals surface area contributed by atoms with E-state index in [1.54, 1.807) is 34.6 Å². The minimum atomic E-state index is -0.663. The number of nitrogens with one attached hydrogen (secondary N) is 1. The van der Waals surface area contributed by atoms with Gasteiger partial charge in [0.15, 0.2) is 0 Å². The predicted molar refractivity (Wildman–Crippen MR) is 55.2 cm³/mol. The summed E-state index contributed by atoms with van der Waals surface area (Å²) < 4.78 is 4.92. The van der Waals surface area contributed by atoms with Crippen LogP contribution < -0.4 is 5.48 Å². The monoisotopic (exact) mass is 217 g/mol. The van der Waals surface area contributed by atoms with E-state index in [1.165, 1.54) is 0 Å². The Labute approximate surface area is 90.1 Å². The molecular formula is C10H19NO4. The number of ether oxygens (including phenoxy) is 1. The standard InChI is InChI=1S/C10H19NO4/c1-9(2,3)15-8(13)11-14-7-10(4,5)6-12/h6H,7H2,1-5H3,(H,11,13). The Morgan fingerprint density at radius 1 is 1.27 bits per heavy atom. The molecular weight excluding hydrogens is 198 g/mol. The zero-order chi connectivity index (χ0) is 12.1. The largest absolute Gasteiger partial charge is 0.442 e. The molecule has 0 aromatic heterocycles. The molecule has 0 aromatic rings. The summed E-state index contributed by atoms with van der Waals surface area (Å²) in [6.07, 6.45) is 0.105. The van der Waals surface area contributed by atoms with Crippen LogP contribution in [0.5, 0.6) is 0 Å². The summed E-state index contributed by atoms with van der Waals surface area (Å²) in [5.74, 6) is 0. The van der Waals surface area contributed by atoms with E-state index in [-0.39, 0.29) is 6.61 Å². The van der Waals surface area contributed by atoms with Crippen molar-refractivity contribution in [2.24, 2.45) is 5.41 Å². The normalized spacial score (nSPS) is 12.1. The number of carbonyl (C=O) groups excluding carboxylic acids is 2. The zero-order valence-corrected chi connectivity index (χ0v) is 9.92. The van der Waals surface area contributed by atoms with E-state index < -0.39 is 17.1 Å². The molecule has 0 heterocycles. The molecule has 0 spiro atoms. The number of rotatable bonds is 4. The van der Waals surface area contributed by atoms with Gasteiger partial charge in [-0.25, -0.2) is 4.79 Å². The van der Waals surface area contributed by atoms with Gasteiger partial charge in [-0.2, -0.15) is 5.48 Å². The molecule has 0 saturated heterocycles. The predicted octanol–water partition coefficient (Wildman–Crippen LogP) is 1.67. The topological polar surface area (TPSA) is 64.6 Å². The van der Waals surface area contributed by atoms with Crippen molar-refractivity contribution >= 4 is 12.4 Å². The van der Waals surface area contributed by atoms with Crippen molar-refractivity contribution in [3.05, 3.63) is 0 Å². The van der Waals surface area contributed by atoms with Crippen LogP contribution in [0.25, 0.3) is 0 Å². The first-order chi connectivity index (χ1) is 6.66. The van der Waals surface area contributed by atoms with E-state index in [0.717, 1.165) is 6.29 Å². The van der Waals surface area contributed by atoms with Crippen LogP contribution in [-0.2, 0) is 14.4 Å². The summed E-state index contributed by atoms with van der Waals surface area (Å²) in [6, 6.07) is 0. The summed E-state index contributed by atoms with van der Waals surface area (Å²) in [5.41, 5.74) is 0.932. The van der Waals surface area contributed by atoms with Gasteiger partial charge in [0, 0.05) is 5.41 Å². The second-order valence-electron chi connectivity index (χ2n) is 5.00. The van der Waals surface area contributed by atoms with Crippen molar-refractivity contribution in [1.82, 2.24) is 5.48 Å². The van der Waals surface area contributed by atoms with Crippen molar-refractivity contribution in [1.29, 1.82) is 0 Å². The molecule has 1 N–H and O–H groups in total. The lowest BCUT2D eigenvalue weighted by molar-refractivity contribution is -0.119. The van der Waals surface area contributed by atoms with Gasteiger partial charge in [-0.1, -0.05) is 13.8 Å². The van der Waals surface area contributed by atoms with Crippen molar-refractivity contribution in [2.45, 2.75) is 40.2 Å². The number of hydrogen-bond acceptors (Lipinski definition) is 4. The molecule has 5 heteroatoms. The highest BCUT2D eigenvalue weighted by atomic mass is 16.7. The van der Waals surface area contributed by atoms with Crippen LogP contribution in [0.1, 0.15) is 34.6 Å². The lowest BCUT2D eigenvalue weighted by atomic mass is 9.98. The first-order valence-electron chi connectivity index (χ1n) is 4.73. The lowest BCUT2D eigenvalue weighted by Gasteiger charge is -2.21. The molecule has 0 aromatic carbocycles. The molecule has 0 saturated carbocycles. The molecule has 1 amide bonds. The first kappa shape index (κ1) is 13.9. The quantitative estimate of drug-likeness (QED) is 0.574. The number of hydrogen-bond donors (Lipinski definition) is 1. The molecule has 0 unspecified atom stereocenters. The minimum absolute atomic E-state index is 0.107. The van der Waals surface area contributed by atoms with E-state index in [9.17, 15) is 9.59 Å². The van der Waals surface area contributed by atoms with Crippen molar-refractivity contribution in [3.8, 4) is 0 Å². The van der Waals surface area contributed by atoms with Crippen LogP contribution in [0, 0.1) is 5.41 Å². The summed E-state index contributed by atoms with van der Waals surface area (Å²) >= 11 is 0. The molecule has 0 bridgehead atoms. The zero-order valence-electron chi connectivity index (χ0n) is 9.92. The third-order valence-corrected chi connectivity index (χ3v) is 1.32. The SMILES string of the molecule is CC(C)(C=O)CONC(=O)OC(C)(C)C. The molecule has 0 aliphatic carbocycles. The summed E-state index contributed by atoms with van der Waals surface area (Å²) in [5, 5.41) is 0. The summed E-state index contributed by atoms with van der Waals surface area (Å²) in [7, 11) is 0. The smallest absolute Gasteiger partial charge is 0.431 e. The highest BCUT2D eigenvalue weighted by Crippen LogP contribution is 2.10. The maximum atomic E-state index is 11.1. The van der Waals surface area contributed by atoms with Gasteiger partial charge in [0.1, 0.15) is 11.9 Å². The van der Waals surface area contributed by atoms with E-state index in [0.29, 0.717) is 0 Å². The Bertz CT molecular complexity index is 230. The Morgan fingerprint density at radius 3 is 2.20 bits per heavy atom. The third kappa shape index (κ3) is 7.93. The van der Waals surface area contributed by atoms with Crippen molar-refractivity contribution < 1.29 is 19.2 Å². The van der Waals surface area contributed by atoms with Gasteiger partial charge in [0.05, 0.1) is 6.61 Å². The fourth-order valence-electron chi connectivity index (χ4n) is 0.614. The summed E-state index contributed by atoms with van der Waals surface area (Å²) in [6.45, 7) is 8.77. The maximum absolute atomic E-state index is 11.1. The van der Waals surface area contributed by atoms with Gasteiger partial charge in [0.25, 0.3) is 0 Å². The number of carbonyl (C=O) groups is 2. The van der Waals surface area contributed by atoms with Crippen LogP contribution in [0.4, 0.5) is 4.79 Å². The molecule has 0 radical (unpaired) electrons.